The van der Waals surface area contributed by atoms with E-state index >= 15 is 0 Å². The van der Waals surface area contributed by atoms with Crippen LogP contribution in [0.1, 0.15) is 26.7 Å². The van der Waals surface area contributed by atoms with Gasteiger partial charge in [-0.1, -0.05) is 5.06 Å². The Morgan fingerprint density at radius 1 is 1.56 bits per heavy atom. The zero-order valence-corrected chi connectivity index (χ0v) is 10.5. The summed E-state index contributed by atoms with van der Waals surface area (Å²) in [5.41, 5.74) is 0. The maximum absolute atomic E-state index is 11.3. The van der Waals surface area contributed by atoms with Crippen LogP contribution in [0.4, 0.5) is 0 Å². The fourth-order valence-electron chi connectivity index (χ4n) is 2.07. The Hall–Kier alpha value is -1.18. The summed E-state index contributed by atoms with van der Waals surface area (Å²) in [5.74, 6) is -0.644. The van der Waals surface area contributed by atoms with Crippen LogP contribution in [-0.2, 0) is 28.6 Å². The topological polar surface area (TPSA) is 74.3 Å². The highest BCUT2D eigenvalue weighted by molar-refractivity contribution is 5.71. The quantitative estimate of drug-likeness (QED) is 0.667. The number of esters is 1. The number of ether oxygens (including phenoxy) is 3. The Balaban J connectivity index is 1.96. The van der Waals surface area contributed by atoms with Gasteiger partial charge in [-0.05, 0) is 13.3 Å². The molecule has 0 aromatic rings. The highest BCUT2D eigenvalue weighted by Gasteiger charge is 2.45. The largest absolute Gasteiger partial charge is 0.463 e. The normalized spacial score (nSPS) is 31.9. The second-order valence-electron chi connectivity index (χ2n) is 4.24. The van der Waals surface area contributed by atoms with Crippen LogP contribution in [-0.4, -0.2) is 48.8 Å². The van der Waals surface area contributed by atoms with Gasteiger partial charge in [0.25, 0.3) is 6.41 Å². The first-order valence-corrected chi connectivity index (χ1v) is 5.99. The molecule has 2 heterocycles. The lowest BCUT2D eigenvalue weighted by Gasteiger charge is -2.37. The van der Waals surface area contributed by atoms with Crippen molar-refractivity contribution in [1.82, 2.24) is 5.06 Å². The molecule has 7 nitrogen and oxygen atoms in total. The van der Waals surface area contributed by atoms with Crippen LogP contribution in [0.25, 0.3) is 0 Å². The van der Waals surface area contributed by atoms with E-state index in [1.165, 1.54) is 12.0 Å². The van der Waals surface area contributed by atoms with Gasteiger partial charge in [0.05, 0.1) is 18.6 Å². The van der Waals surface area contributed by atoms with Gasteiger partial charge in [0.15, 0.2) is 0 Å². The van der Waals surface area contributed by atoms with Crippen LogP contribution in [0.5, 0.6) is 0 Å². The minimum atomic E-state index is -0.722. The molecular weight excluding hydrogens is 242 g/mol. The monoisotopic (exact) mass is 259 g/mol. The number of nitrogens with zero attached hydrogens (tertiary/aromatic N) is 1. The zero-order valence-electron chi connectivity index (χ0n) is 10.5. The molecule has 2 rings (SSSR count). The van der Waals surface area contributed by atoms with Gasteiger partial charge in [-0.2, -0.15) is 0 Å². The number of hydrogen-bond acceptors (Lipinski definition) is 7. The molecule has 0 saturated carbocycles. The number of carbonyl (C=O) groups excluding carboxylic acids is 2. The van der Waals surface area contributed by atoms with Crippen molar-refractivity contribution in [3.8, 4) is 0 Å². The number of hydrogen-bond donors (Lipinski definition) is 0. The van der Waals surface area contributed by atoms with E-state index < -0.39 is 6.41 Å². The minimum Gasteiger partial charge on any atom is -0.463 e. The molecule has 2 saturated heterocycles. The Kier molecular flexibility index (Phi) is 4.15. The molecule has 0 aromatic heterocycles. The molecule has 3 atom stereocenters. The van der Waals surface area contributed by atoms with E-state index in [2.05, 4.69) is 0 Å². The van der Waals surface area contributed by atoms with Gasteiger partial charge in [-0.25, -0.2) is 0 Å². The van der Waals surface area contributed by atoms with Crippen LogP contribution in [0.3, 0.4) is 0 Å². The van der Waals surface area contributed by atoms with Crippen molar-refractivity contribution in [1.29, 1.82) is 0 Å². The van der Waals surface area contributed by atoms with Gasteiger partial charge in [0.1, 0.15) is 6.61 Å². The molecule has 102 valence electrons. The average Bonchev–Trinajstić information content (AvgIpc) is 2.67. The second-order valence-corrected chi connectivity index (χ2v) is 4.24. The molecule has 0 radical (unpaired) electrons. The number of fused-ring (bicyclic) bond motifs is 1. The van der Waals surface area contributed by atoms with Gasteiger partial charge in [-0.15, -0.1) is 0 Å². The fraction of sp³-hybridized carbons (Fsp3) is 0.818. The van der Waals surface area contributed by atoms with E-state index in [9.17, 15) is 9.59 Å². The fourth-order valence-corrected chi connectivity index (χ4v) is 2.07. The van der Waals surface area contributed by atoms with E-state index in [1.54, 1.807) is 0 Å². The third-order valence-electron chi connectivity index (χ3n) is 2.80. The summed E-state index contributed by atoms with van der Waals surface area (Å²) < 4.78 is 15.9. The molecule has 2 fully saturated rings. The maximum atomic E-state index is 11.3. The molecule has 18 heavy (non-hydrogen) atoms. The molecule has 0 aliphatic carbocycles. The molecule has 0 N–H and O–H groups in total. The molecule has 2 aliphatic heterocycles. The van der Waals surface area contributed by atoms with Gasteiger partial charge in [0, 0.05) is 13.5 Å². The molecule has 7 heteroatoms. The van der Waals surface area contributed by atoms with Gasteiger partial charge in [-0.3, -0.25) is 9.59 Å². The smallest absolute Gasteiger partial charge is 0.327 e. The van der Waals surface area contributed by atoms with Gasteiger partial charge >= 0.3 is 11.9 Å². The number of carbonyl (C=O) groups is 2. The summed E-state index contributed by atoms with van der Waals surface area (Å²) in [6, 6.07) is -0.0802. The molecule has 0 unspecified atom stereocenters. The van der Waals surface area contributed by atoms with E-state index in [1.807, 2.05) is 6.92 Å². The average molecular weight is 259 g/mol. The molecular formula is C11H17NO6. The predicted octanol–water partition coefficient (Wildman–Crippen LogP) is 0.191. The molecule has 0 aromatic carbocycles. The Bertz CT molecular complexity index is 333. The molecule has 2 aliphatic rings. The Morgan fingerprint density at radius 3 is 3.00 bits per heavy atom. The standard InChI is InChI=1S/C11H17NO6/c1-3-15-11-12-8(5-10(14)18-12)4-9(17-11)6-16-7(2)13/h8-9,11H,3-6H2,1-2H3/t8-,9+,11+/m1/s1. The van der Waals surface area contributed by atoms with Crippen molar-refractivity contribution in [2.24, 2.45) is 0 Å². The van der Waals surface area contributed by atoms with Gasteiger partial charge < -0.3 is 19.0 Å². The van der Waals surface area contributed by atoms with Crippen molar-refractivity contribution >= 4 is 11.9 Å². The molecule has 0 bridgehead atoms. The summed E-state index contributed by atoms with van der Waals surface area (Å²) in [6.07, 6.45) is -0.117. The first-order valence-electron chi connectivity index (χ1n) is 5.99. The summed E-state index contributed by atoms with van der Waals surface area (Å²) in [5, 5.41) is 1.44. The lowest BCUT2D eigenvalue weighted by Crippen LogP contribution is -2.51. The van der Waals surface area contributed by atoms with E-state index in [-0.39, 0.29) is 30.7 Å². The lowest BCUT2D eigenvalue weighted by atomic mass is 10.1. The Labute approximate surface area is 105 Å². The lowest BCUT2D eigenvalue weighted by molar-refractivity contribution is -0.357. The van der Waals surface area contributed by atoms with Crippen molar-refractivity contribution in [3.63, 3.8) is 0 Å². The highest BCUT2D eigenvalue weighted by Crippen LogP contribution is 2.30. The van der Waals surface area contributed by atoms with Crippen molar-refractivity contribution < 1.29 is 28.6 Å². The zero-order chi connectivity index (χ0) is 13.1. The van der Waals surface area contributed by atoms with Crippen molar-refractivity contribution in [3.05, 3.63) is 0 Å². The summed E-state index contributed by atoms with van der Waals surface area (Å²) >= 11 is 0. The van der Waals surface area contributed by atoms with Gasteiger partial charge in [0.2, 0.25) is 0 Å². The summed E-state index contributed by atoms with van der Waals surface area (Å²) in [6.45, 7) is 3.77. The molecule has 0 spiro atoms. The van der Waals surface area contributed by atoms with Crippen molar-refractivity contribution in [2.45, 2.75) is 45.2 Å². The molecule has 0 amide bonds. The van der Waals surface area contributed by atoms with E-state index in [0.717, 1.165) is 0 Å². The minimum absolute atomic E-state index is 0.0802. The highest BCUT2D eigenvalue weighted by atomic mass is 16.8. The maximum Gasteiger partial charge on any atom is 0.327 e. The van der Waals surface area contributed by atoms with Crippen LogP contribution >= 0.6 is 0 Å². The van der Waals surface area contributed by atoms with E-state index in [0.29, 0.717) is 19.4 Å². The van der Waals surface area contributed by atoms with Crippen LogP contribution in [0, 0.1) is 0 Å². The van der Waals surface area contributed by atoms with Crippen LogP contribution < -0.4 is 0 Å². The Morgan fingerprint density at radius 2 is 2.33 bits per heavy atom. The SMILES string of the molecule is CCO[C@H]1O[C@H](COC(C)=O)C[C@@H]2CC(=O)ON21. The number of rotatable bonds is 4. The number of hydroxylamine groups is 2. The second kappa shape index (κ2) is 5.64. The predicted molar refractivity (Wildman–Crippen MR) is 57.9 cm³/mol. The summed E-state index contributed by atoms with van der Waals surface area (Å²) in [7, 11) is 0. The van der Waals surface area contributed by atoms with E-state index in [4.69, 9.17) is 19.0 Å². The van der Waals surface area contributed by atoms with Crippen LogP contribution in [0.2, 0.25) is 0 Å². The first kappa shape index (κ1) is 13.3. The van der Waals surface area contributed by atoms with Crippen molar-refractivity contribution in [2.75, 3.05) is 13.2 Å². The first-order chi connectivity index (χ1) is 8.60. The van der Waals surface area contributed by atoms with Crippen LogP contribution in [0.15, 0.2) is 0 Å². The third-order valence-corrected chi connectivity index (χ3v) is 2.80. The summed E-state index contributed by atoms with van der Waals surface area (Å²) in [4.78, 5) is 27.1. The third kappa shape index (κ3) is 2.98.